The van der Waals surface area contributed by atoms with Crippen LogP contribution in [0.25, 0.3) is 0 Å². The Morgan fingerprint density at radius 2 is 1.21 bits per heavy atom. The van der Waals surface area contributed by atoms with E-state index in [2.05, 4.69) is 31.5 Å². The second kappa shape index (κ2) is 9.76. The van der Waals surface area contributed by atoms with Gasteiger partial charge in [-0.3, -0.25) is 20.2 Å². The summed E-state index contributed by atoms with van der Waals surface area (Å²) in [5, 5.41) is 17.0. The number of hydrogen-bond acceptors (Lipinski definition) is 9. The largest absolute Gasteiger partial charge is 0.335 e. The first-order valence-electron chi connectivity index (χ1n) is 9.19. The molecule has 0 aliphatic heterocycles. The first kappa shape index (κ1) is 21.8. The van der Waals surface area contributed by atoms with Gasteiger partial charge in [0, 0.05) is 12.1 Å². The first-order chi connectivity index (χ1) is 13.8. The zero-order valence-corrected chi connectivity index (χ0v) is 18.3. The van der Waals surface area contributed by atoms with E-state index in [1.807, 2.05) is 0 Å². The summed E-state index contributed by atoms with van der Waals surface area (Å²) in [5.41, 5.74) is 0. The predicted octanol–water partition coefficient (Wildman–Crippen LogP) is 1.48. The maximum atomic E-state index is 12.1. The lowest BCUT2D eigenvalue weighted by Crippen LogP contribution is -2.43. The third kappa shape index (κ3) is 7.48. The first-order valence-corrected chi connectivity index (χ1v) is 11.8. The van der Waals surface area contributed by atoms with E-state index < -0.39 is 34.4 Å². The van der Waals surface area contributed by atoms with Crippen molar-refractivity contribution in [3.8, 4) is 0 Å². The molecule has 0 radical (unpaired) electrons. The second-order valence-electron chi connectivity index (χ2n) is 6.83. The van der Waals surface area contributed by atoms with Gasteiger partial charge in [0.1, 0.15) is 0 Å². The van der Waals surface area contributed by atoms with Gasteiger partial charge in [-0.25, -0.2) is 9.59 Å². The Bertz CT molecular complexity index is 733. The Morgan fingerprint density at radius 3 is 1.55 bits per heavy atom. The number of imide groups is 2. The van der Waals surface area contributed by atoms with Gasteiger partial charge in [-0.05, 0) is 39.5 Å². The number of urea groups is 2. The standard InChI is InChI=1S/C16H22N6O4S3/c1-7(11(23)19-13(25)17-9-3-4-9)27-15-21-22-16(29-15)28-8(2)12(24)20-14(26)18-10-5-6-10/h7-10H,3-6H2,1-2H3,(H2,17,19,23,25)(H2,18,20,24,26). The predicted molar refractivity (Wildman–Crippen MR) is 110 cm³/mol. The summed E-state index contributed by atoms with van der Waals surface area (Å²) in [6.45, 7) is 3.35. The van der Waals surface area contributed by atoms with Crippen LogP contribution in [0.4, 0.5) is 9.59 Å². The van der Waals surface area contributed by atoms with Crippen molar-refractivity contribution in [2.75, 3.05) is 0 Å². The highest BCUT2D eigenvalue weighted by molar-refractivity contribution is 8.04. The van der Waals surface area contributed by atoms with E-state index in [1.165, 1.54) is 34.9 Å². The third-order valence-electron chi connectivity index (χ3n) is 3.98. The van der Waals surface area contributed by atoms with Gasteiger partial charge < -0.3 is 10.6 Å². The maximum absolute atomic E-state index is 12.1. The van der Waals surface area contributed by atoms with E-state index in [1.54, 1.807) is 13.8 Å². The number of hydrogen-bond donors (Lipinski definition) is 4. The van der Waals surface area contributed by atoms with Gasteiger partial charge in [-0.15, -0.1) is 10.2 Å². The molecule has 2 atom stereocenters. The Labute approximate surface area is 180 Å². The molecule has 6 amide bonds. The molecule has 2 aliphatic rings. The summed E-state index contributed by atoms with van der Waals surface area (Å²) in [6.07, 6.45) is 3.77. The van der Waals surface area contributed by atoms with Crippen molar-refractivity contribution in [2.24, 2.45) is 0 Å². The van der Waals surface area contributed by atoms with Crippen LogP contribution in [0.1, 0.15) is 39.5 Å². The number of rotatable bonds is 8. The molecule has 0 spiro atoms. The Balaban J connectivity index is 1.41. The van der Waals surface area contributed by atoms with Gasteiger partial charge in [0.05, 0.1) is 10.5 Å². The van der Waals surface area contributed by atoms with Crippen molar-refractivity contribution in [3.63, 3.8) is 0 Å². The summed E-state index contributed by atoms with van der Waals surface area (Å²) < 4.78 is 1.11. The van der Waals surface area contributed by atoms with Crippen molar-refractivity contribution in [1.29, 1.82) is 0 Å². The zero-order valence-electron chi connectivity index (χ0n) is 15.9. The van der Waals surface area contributed by atoms with Crippen molar-refractivity contribution in [3.05, 3.63) is 0 Å². The summed E-state index contributed by atoms with van der Waals surface area (Å²) in [7, 11) is 0. The number of carbonyl (C=O) groups is 4. The van der Waals surface area contributed by atoms with Gasteiger partial charge in [0.2, 0.25) is 11.8 Å². The molecule has 3 rings (SSSR count). The lowest BCUT2D eigenvalue weighted by molar-refractivity contribution is -0.120. The van der Waals surface area contributed by atoms with Gasteiger partial charge >= 0.3 is 12.1 Å². The molecule has 4 N–H and O–H groups in total. The molecule has 1 aromatic rings. The lowest BCUT2D eigenvalue weighted by atomic mass is 10.4. The second-order valence-corrected chi connectivity index (χ2v) is 11.0. The molecular weight excluding hydrogens is 436 g/mol. The smallest absolute Gasteiger partial charge is 0.321 e. The fraction of sp³-hybridized carbons (Fsp3) is 0.625. The van der Waals surface area contributed by atoms with E-state index in [0.717, 1.165) is 25.7 Å². The normalized spacial score (nSPS) is 17.7. The van der Waals surface area contributed by atoms with Crippen LogP contribution in [-0.2, 0) is 9.59 Å². The number of thioether (sulfide) groups is 2. The molecular formula is C16H22N6O4S3. The average Bonchev–Trinajstić information content (AvgIpc) is 3.57. The summed E-state index contributed by atoms with van der Waals surface area (Å²) in [5.74, 6) is -0.820. The minimum absolute atomic E-state index is 0.174. The third-order valence-corrected chi connectivity index (χ3v) is 7.27. The van der Waals surface area contributed by atoms with E-state index in [9.17, 15) is 19.2 Å². The van der Waals surface area contributed by atoms with Crippen molar-refractivity contribution in [1.82, 2.24) is 31.5 Å². The number of nitrogens with zero attached hydrogens (tertiary/aromatic N) is 2. The molecule has 0 aromatic carbocycles. The topological polar surface area (TPSA) is 142 Å². The van der Waals surface area contributed by atoms with Crippen LogP contribution in [-0.4, -0.2) is 56.7 Å². The Morgan fingerprint density at radius 1 is 0.828 bits per heavy atom. The van der Waals surface area contributed by atoms with E-state index in [0.29, 0.717) is 8.68 Å². The summed E-state index contributed by atoms with van der Waals surface area (Å²) >= 11 is 3.61. The molecule has 2 unspecified atom stereocenters. The fourth-order valence-electron chi connectivity index (χ4n) is 2.03. The molecule has 2 fully saturated rings. The lowest BCUT2D eigenvalue weighted by Gasteiger charge is -2.10. The monoisotopic (exact) mass is 458 g/mol. The van der Waals surface area contributed by atoms with Crippen LogP contribution in [0.5, 0.6) is 0 Å². The molecule has 13 heteroatoms. The Hall–Kier alpha value is -1.86. The van der Waals surface area contributed by atoms with Crippen LogP contribution in [0, 0.1) is 0 Å². The van der Waals surface area contributed by atoms with Crippen LogP contribution in [0.15, 0.2) is 8.68 Å². The Kier molecular flexibility index (Phi) is 7.35. The molecule has 0 saturated heterocycles. The van der Waals surface area contributed by atoms with Crippen LogP contribution < -0.4 is 21.3 Å². The molecule has 158 valence electrons. The molecule has 29 heavy (non-hydrogen) atoms. The van der Waals surface area contributed by atoms with Crippen LogP contribution in [0.2, 0.25) is 0 Å². The number of aromatic nitrogens is 2. The van der Waals surface area contributed by atoms with Crippen molar-refractivity contribution in [2.45, 2.75) is 70.8 Å². The summed E-state index contributed by atoms with van der Waals surface area (Å²) in [4.78, 5) is 47.5. The molecule has 1 heterocycles. The number of amides is 6. The minimum atomic E-state index is -0.530. The van der Waals surface area contributed by atoms with E-state index in [4.69, 9.17) is 0 Å². The number of carbonyl (C=O) groups excluding carboxylic acids is 4. The molecule has 1 aromatic heterocycles. The van der Waals surface area contributed by atoms with Gasteiger partial charge in [0.15, 0.2) is 8.68 Å². The minimum Gasteiger partial charge on any atom is -0.335 e. The van der Waals surface area contributed by atoms with E-state index in [-0.39, 0.29) is 12.1 Å². The molecule has 10 nitrogen and oxygen atoms in total. The van der Waals surface area contributed by atoms with Crippen molar-refractivity contribution >= 4 is 58.7 Å². The number of nitrogens with one attached hydrogen (secondary N) is 4. The maximum Gasteiger partial charge on any atom is 0.321 e. The highest BCUT2D eigenvalue weighted by atomic mass is 32.2. The molecule has 0 bridgehead atoms. The molecule has 2 aliphatic carbocycles. The highest BCUT2D eigenvalue weighted by Crippen LogP contribution is 2.33. The molecule has 2 saturated carbocycles. The quantitative estimate of drug-likeness (QED) is 0.429. The fourth-order valence-corrected chi connectivity index (χ4v) is 5.34. The van der Waals surface area contributed by atoms with Gasteiger partial charge in [0.25, 0.3) is 0 Å². The SMILES string of the molecule is CC(Sc1nnc(SC(C)C(=O)NC(=O)NC2CC2)s1)C(=O)NC(=O)NC1CC1. The van der Waals surface area contributed by atoms with Gasteiger partial charge in [-0.2, -0.15) is 0 Å². The van der Waals surface area contributed by atoms with Crippen molar-refractivity contribution < 1.29 is 19.2 Å². The summed E-state index contributed by atoms with van der Waals surface area (Å²) in [6, 6.07) is -0.618. The van der Waals surface area contributed by atoms with Crippen LogP contribution in [0.3, 0.4) is 0 Å². The van der Waals surface area contributed by atoms with Gasteiger partial charge in [-0.1, -0.05) is 34.9 Å². The average molecular weight is 459 g/mol. The van der Waals surface area contributed by atoms with E-state index >= 15 is 0 Å². The van der Waals surface area contributed by atoms with Crippen LogP contribution >= 0.6 is 34.9 Å². The zero-order chi connectivity index (χ0) is 21.0. The highest BCUT2D eigenvalue weighted by Gasteiger charge is 2.27.